The van der Waals surface area contributed by atoms with E-state index in [2.05, 4.69) is 47.7 Å². The molecule has 1 N–H and O–H groups in total. The van der Waals surface area contributed by atoms with E-state index in [9.17, 15) is 0 Å². The van der Waals surface area contributed by atoms with Gasteiger partial charge in [0, 0.05) is 10.0 Å². The summed E-state index contributed by atoms with van der Waals surface area (Å²) in [5, 5.41) is 18.0. The van der Waals surface area contributed by atoms with Crippen molar-refractivity contribution in [2.75, 3.05) is 5.32 Å². The number of halogens is 3. The van der Waals surface area contributed by atoms with Crippen LogP contribution in [0.2, 0.25) is 15.1 Å². The van der Waals surface area contributed by atoms with Gasteiger partial charge in [-0.05, 0) is 59.5 Å². The standard InChI is InChI=1S/C23H26Cl3N5/c1-22(2,3)20(13-11-15-10-12-16(24)14-18(15)26)31-21(28-29-30-31)23(4,5)27-19-9-7-6-8-17(19)25/h6-14,20,27H,1-5H3/b13-11+. The van der Waals surface area contributed by atoms with Crippen LogP contribution in [-0.4, -0.2) is 20.2 Å². The molecule has 0 amide bonds. The lowest BCUT2D eigenvalue weighted by Gasteiger charge is -2.33. The minimum Gasteiger partial charge on any atom is -0.372 e. The lowest BCUT2D eigenvalue weighted by Crippen LogP contribution is -2.35. The average molecular weight is 479 g/mol. The van der Waals surface area contributed by atoms with Crippen LogP contribution in [-0.2, 0) is 5.54 Å². The summed E-state index contributed by atoms with van der Waals surface area (Å²) in [7, 11) is 0. The largest absolute Gasteiger partial charge is 0.372 e. The molecule has 5 nitrogen and oxygen atoms in total. The fraction of sp³-hybridized carbons (Fsp3) is 0.348. The third-order valence-corrected chi connectivity index (χ3v) is 5.84. The van der Waals surface area contributed by atoms with Gasteiger partial charge in [-0.3, -0.25) is 0 Å². The molecule has 3 aromatic rings. The molecule has 31 heavy (non-hydrogen) atoms. The maximum absolute atomic E-state index is 6.36. The zero-order valence-electron chi connectivity index (χ0n) is 18.2. The van der Waals surface area contributed by atoms with E-state index in [4.69, 9.17) is 34.8 Å². The number of hydrogen-bond donors (Lipinski definition) is 1. The van der Waals surface area contributed by atoms with Crippen molar-refractivity contribution in [2.24, 2.45) is 5.41 Å². The van der Waals surface area contributed by atoms with E-state index in [0.29, 0.717) is 20.9 Å². The second-order valence-electron chi connectivity index (χ2n) is 9.01. The summed E-state index contributed by atoms with van der Waals surface area (Å²) in [6.45, 7) is 10.5. The maximum atomic E-state index is 6.36. The van der Waals surface area contributed by atoms with Crippen molar-refractivity contribution in [1.82, 2.24) is 20.2 Å². The molecule has 0 bridgehead atoms. The molecule has 8 heteroatoms. The van der Waals surface area contributed by atoms with Crippen LogP contribution in [0, 0.1) is 5.41 Å². The van der Waals surface area contributed by atoms with Gasteiger partial charge in [0.15, 0.2) is 5.82 Å². The monoisotopic (exact) mass is 477 g/mol. The van der Waals surface area contributed by atoms with Gasteiger partial charge in [0.1, 0.15) is 0 Å². The molecular weight excluding hydrogens is 453 g/mol. The summed E-state index contributed by atoms with van der Waals surface area (Å²) in [5.74, 6) is 0.694. The Kier molecular flexibility index (Phi) is 6.99. The molecule has 0 spiro atoms. The minimum absolute atomic E-state index is 0.128. The fourth-order valence-electron chi connectivity index (χ4n) is 3.32. The molecule has 1 aromatic heterocycles. The summed E-state index contributed by atoms with van der Waals surface area (Å²) in [6, 6.07) is 12.9. The number of nitrogens with zero attached hydrogens (tertiary/aromatic N) is 4. The zero-order valence-corrected chi connectivity index (χ0v) is 20.5. The molecule has 0 radical (unpaired) electrons. The Hall–Kier alpha value is -2.08. The van der Waals surface area contributed by atoms with Gasteiger partial charge >= 0.3 is 0 Å². The SMILES string of the molecule is CC(C)(Nc1ccccc1Cl)c1nnnn1C(/C=C/c1ccc(Cl)cc1Cl)C(C)(C)C. The molecule has 0 fully saturated rings. The van der Waals surface area contributed by atoms with Crippen LogP contribution >= 0.6 is 34.8 Å². The van der Waals surface area contributed by atoms with Crippen molar-refractivity contribution in [2.45, 2.75) is 46.2 Å². The molecule has 0 saturated heterocycles. The first-order valence-electron chi connectivity index (χ1n) is 9.93. The Morgan fingerprint density at radius 1 is 0.968 bits per heavy atom. The van der Waals surface area contributed by atoms with E-state index in [-0.39, 0.29) is 11.5 Å². The highest BCUT2D eigenvalue weighted by atomic mass is 35.5. The Balaban J connectivity index is 1.98. The molecular formula is C23H26Cl3N5. The Labute approximate surface area is 198 Å². The number of allylic oxidation sites excluding steroid dienone is 1. The average Bonchev–Trinajstić information content (AvgIpc) is 3.14. The number of aromatic nitrogens is 4. The van der Waals surface area contributed by atoms with Gasteiger partial charge < -0.3 is 5.32 Å². The van der Waals surface area contributed by atoms with Crippen molar-refractivity contribution < 1.29 is 0 Å². The molecule has 1 heterocycles. The topological polar surface area (TPSA) is 55.6 Å². The minimum atomic E-state index is -0.580. The number of para-hydroxylation sites is 1. The lowest BCUT2D eigenvalue weighted by molar-refractivity contribution is 0.258. The van der Waals surface area contributed by atoms with Crippen molar-refractivity contribution in [3.8, 4) is 0 Å². The van der Waals surface area contributed by atoms with E-state index in [1.807, 2.05) is 61.0 Å². The summed E-state index contributed by atoms with van der Waals surface area (Å²) in [5.41, 5.74) is 0.951. The molecule has 164 valence electrons. The van der Waals surface area contributed by atoms with Crippen LogP contribution in [0.5, 0.6) is 0 Å². The van der Waals surface area contributed by atoms with Crippen molar-refractivity contribution in [3.05, 3.63) is 75.0 Å². The third-order valence-electron chi connectivity index (χ3n) is 4.94. The first kappa shape index (κ1) is 23.6. The summed E-state index contributed by atoms with van der Waals surface area (Å²) in [6.07, 6.45) is 4.05. The Morgan fingerprint density at radius 2 is 1.68 bits per heavy atom. The number of hydrogen-bond acceptors (Lipinski definition) is 4. The first-order valence-corrected chi connectivity index (χ1v) is 11.1. The van der Waals surface area contributed by atoms with Gasteiger partial charge in [-0.2, -0.15) is 0 Å². The molecule has 2 aromatic carbocycles. The van der Waals surface area contributed by atoms with Gasteiger partial charge in [-0.25, -0.2) is 4.68 Å². The third kappa shape index (κ3) is 5.59. The Morgan fingerprint density at radius 3 is 2.32 bits per heavy atom. The second-order valence-corrected chi connectivity index (χ2v) is 10.3. The molecule has 0 aliphatic heterocycles. The normalized spacial score (nSPS) is 13.5. The van der Waals surface area contributed by atoms with E-state index in [1.165, 1.54) is 0 Å². The number of nitrogens with one attached hydrogen (secondary N) is 1. The van der Waals surface area contributed by atoms with Crippen molar-refractivity contribution in [3.63, 3.8) is 0 Å². The van der Waals surface area contributed by atoms with E-state index in [0.717, 1.165) is 11.3 Å². The fourth-order valence-corrected chi connectivity index (χ4v) is 3.97. The van der Waals surface area contributed by atoms with Gasteiger partial charge in [-0.15, -0.1) is 5.10 Å². The van der Waals surface area contributed by atoms with Crippen LogP contribution in [0.3, 0.4) is 0 Å². The highest BCUT2D eigenvalue weighted by molar-refractivity contribution is 6.35. The molecule has 0 aliphatic carbocycles. The van der Waals surface area contributed by atoms with Crippen LogP contribution < -0.4 is 5.32 Å². The number of benzene rings is 2. The number of tetrazole rings is 1. The predicted octanol–water partition coefficient (Wildman–Crippen LogP) is 7.28. The quantitative estimate of drug-likeness (QED) is 0.404. The van der Waals surface area contributed by atoms with E-state index < -0.39 is 5.54 Å². The van der Waals surface area contributed by atoms with Crippen molar-refractivity contribution in [1.29, 1.82) is 0 Å². The van der Waals surface area contributed by atoms with Gasteiger partial charge in [0.2, 0.25) is 0 Å². The molecule has 1 atom stereocenters. The zero-order chi connectivity index (χ0) is 22.8. The summed E-state index contributed by atoms with van der Waals surface area (Å²) >= 11 is 18.7. The number of anilines is 1. The first-order chi connectivity index (χ1) is 14.5. The molecule has 1 unspecified atom stereocenters. The number of rotatable bonds is 6. The van der Waals surface area contributed by atoms with Gasteiger partial charge in [-0.1, -0.05) is 85.9 Å². The maximum Gasteiger partial charge on any atom is 0.176 e. The Bertz CT molecular complexity index is 1080. The van der Waals surface area contributed by atoms with E-state index in [1.54, 1.807) is 6.07 Å². The molecule has 3 rings (SSSR count). The highest BCUT2D eigenvalue weighted by Crippen LogP contribution is 2.36. The highest BCUT2D eigenvalue weighted by Gasteiger charge is 2.34. The molecule has 0 saturated carbocycles. The summed E-state index contributed by atoms with van der Waals surface area (Å²) < 4.78 is 1.85. The lowest BCUT2D eigenvalue weighted by atomic mass is 9.85. The van der Waals surface area contributed by atoms with Crippen LogP contribution in [0.15, 0.2) is 48.5 Å². The van der Waals surface area contributed by atoms with Crippen LogP contribution in [0.25, 0.3) is 6.08 Å². The van der Waals surface area contributed by atoms with E-state index >= 15 is 0 Å². The molecule has 0 aliphatic rings. The summed E-state index contributed by atoms with van der Waals surface area (Å²) in [4.78, 5) is 0. The van der Waals surface area contributed by atoms with Gasteiger partial charge in [0.25, 0.3) is 0 Å². The second kappa shape index (κ2) is 9.19. The predicted molar refractivity (Wildman–Crippen MR) is 130 cm³/mol. The van der Waals surface area contributed by atoms with Crippen LogP contribution in [0.4, 0.5) is 5.69 Å². The van der Waals surface area contributed by atoms with Crippen LogP contribution in [0.1, 0.15) is 52.0 Å². The van der Waals surface area contributed by atoms with Gasteiger partial charge in [0.05, 0.1) is 22.3 Å². The van der Waals surface area contributed by atoms with Crippen molar-refractivity contribution >= 4 is 46.6 Å². The smallest absolute Gasteiger partial charge is 0.176 e.